The number of thiazole rings is 1. The van der Waals surface area contributed by atoms with Crippen molar-refractivity contribution in [2.24, 2.45) is 0 Å². The molecule has 41 heavy (non-hydrogen) atoms. The van der Waals surface area contributed by atoms with Gasteiger partial charge in [0.2, 0.25) is 0 Å². The van der Waals surface area contributed by atoms with Gasteiger partial charge in [0.1, 0.15) is 0 Å². The Morgan fingerprint density at radius 3 is 2.10 bits per heavy atom. The van der Waals surface area contributed by atoms with Crippen LogP contribution >= 0.6 is 11.3 Å². The van der Waals surface area contributed by atoms with E-state index in [1.165, 1.54) is 33.4 Å². The van der Waals surface area contributed by atoms with Gasteiger partial charge in [-0.25, -0.2) is 0 Å². The van der Waals surface area contributed by atoms with Crippen molar-refractivity contribution >= 4 is 11.3 Å². The van der Waals surface area contributed by atoms with E-state index >= 15 is 0 Å². The number of hydrogen-bond acceptors (Lipinski definition) is 3. The van der Waals surface area contributed by atoms with Crippen molar-refractivity contribution < 1.29 is 20.1 Å². The molecule has 0 N–H and O–H groups in total. The number of benzene rings is 3. The predicted molar refractivity (Wildman–Crippen MR) is 170 cm³/mol. The number of rotatable bonds is 2. The van der Waals surface area contributed by atoms with E-state index in [9.17, 15) is 0 Å². The molecule has 0 unspecified atom stereocenters. The van der Waals surface area contributed by atoms with Gasteiger partial charge in [0.15, 0.2) is 0 Å². The third-order valence-corrected chi connectivity index (χ3v) is 8.52. The molecule has 1 aliphatic rings. The van der Waals surface area contributed by atoms with Gasteiger partial charge in [0, 0.05) is 42.9 Å². The molecule has 6 rings (SSSR count). The van der Waals surface area contributed by atoms with Gasteiger partial charge < -0.3 is 4.98 Å². The first-order valence-corrected chi connectivity index (χ1v) is 14.8. The summed E-state index contributed by atoms with van der Waals surface area (Å²) in [6, 6.07) is 30.2. The molecule has 2 aromatic heterocycles. The first kappa shape index (κ1) is 31.0. The molecule has 0 bridgehead atoms. The molecular weight excluding hydrogens is 697 g/mol. The molecule has 0 atom stereocenters. The molecule has 0 amide bonds. The zero-order valence-electron chi connectivity index (χ0n) is 25.2. The maximum absolute atomic E-state index is 4.52. The van der Waals surface area contributed by atoms with Crippen molar-refractivity contribution in [2.75, 3.05) is 0 Å². The van der Waals surface area contributed by atoms with Crippen LogP contribution in [-0.2, 0) is 36.4 Å². The monoisotopic (exact) mass is 735 g/mol. The zero-order chi connectivity index (χ0) is 28.7. The van der Waals surface area contributed by atoms with Gasteiger partial charge in [-0.15, -0.1) is 64.7 Å². The van der Waals surface area contributed by atoms with Crippen LogP contribution in [0.4, 0.5) is 0 Å². The third kappa shape index (κ3) is 6.31. The summed E-state index contributed by atoms with van der Waals surface area (Å²) in [5, 5.41) is 3.08. The average Bonchev–Trinajstić information content (AvgIpc) is 3.54. The summed E-state index contributed by atoms with van der Waals surface area (Å²) < 4.78 is 0. The minimum Gasteiger partial charge on any atom is -0.305 e. The van der Waals surface area contributed by atoms with E-state index in [0.717, 1.165) is 21.8 Å². The Morgan fingerprint density at radius 2 is 1.41 bits per heavy atom. The summed E-state index contributed by atoms with van der Waals surface area (Å²) in [6.45, 7) is 17.9. The van der Waals surface area contributed by atoms with Crippen molar-refractivity contribution in [2.45, 2.75) is 71.6 Å². The van der Waals surface area contributed by atoms with Crippen molar-refractivity contribution in [3.8, 4) is 33.0 Å². The molecule has 0 spiro atoms. The van der Waals surface area contributed by atoms with E-state index < -0.39 is 0 Å². The molecule has 1 aliphatic carbocycles. The summed E-state index contributed by atoms with van der Waals surface area (Å²) in [6.07, 6.45) is 3.76. The summed E-state index contributed by atoms with van der Waals surface area (Å²) in [7, 11) is 0. The van der Waals surface area contributed by atoms with Crippen molar-refractivity contribution in [1.82, 2.24) is 9.97 Å². The fraction of sp³-hybridized carbons (Fsp3) is 0.297. The van der Waals surface area contributed by atoms with Crippen LogP contribution < -0.4 is 0 Å². The molecule has 5 aromatic rings. The summed E-state index contributed by atoms with van der Waals surface area (Å²) in [5.74, 6) is 0. The second-order valence-corrected chi connectivity index (χ2v) is 14.0. The van der Waals surface area contributed by atoms with Gasteiger partial charge >= 0.3 is 0 Å². The van der Waals surface area contributed by atoms with Crippen LogP contribution in [0.15, 0.2) is 84.5 Å². The van der Waals surface area contributed by atoms with E-state index in [1.807, 2.05) is 29.9 Å². The molecular formula is C37H38IrN2S-2. The SMILES string of the molecule is CC(C)(C)c1cc[c-]c(-c2cc(C(C)(C)C)ccn2)c1.CC1(C)c2ccccc2-c2cc[c-]c(-c3nccs3)c21.[Ir]. The maximum atomic E-state index is 4.52. The zero-order valence-corrected chi connectivity index (χ0v) is 28.4. The average molecular weight is 735 g/mol. The maximum Gasteiger partial charge on any atom is 0.0404 e. The minimum atomic E-state index is 0. The topological polar surface area (TPSA) is 25.8 Å². The van der Waals surface area contributed by atoms with Crippen LogP contribution in [-0.4, -0.2) is 9.97 Å². The van der Waals surface area contributed by atoms with Crippen molar-refractivity contribution in [1.29, 1.82) is 0 Å². The molecule has 3 aromatic carbocycles. The molecule has 0 aliphatic heterocycles. The Morgan fingerprint density at radius 1 is 0.732 bits per heavy atom. The second-order valence-electron chi connectivity index (χ2n) is 13.1. The Balaban J connectivity index is 0.000000184. The van der Waals surface area contributed by atoms with Gasteiger partial charge in [-0.1, -0.05) is 91.3 Å². The molecule has 2 nitrogen and oxygen atoms in total. The fourth-order valence-corrected chi connectivity index (χ4v) is 6.06. The molecule has 1 radical (unpaired) electrons. The fourth-order valence-electron chi connectivity index (χ4n) is 5.41. The van der Waals surface area contributed by atoms with Gasteiger partial charge in [0.25, 0.3) is 0 Å². The molecule has 0 saturated carbocycles. The first-order valence-electron chi connectivity index (χ1n) is 13.9. The number of pyridine rings is 1. The first-order chi connectivity index (χ1) is 18.9. The standard InChI is InChI=1S/C19H24N.C18H14NS.Ir/c1-18(2,3)15-9-7-8-14(12-15)17-13-16(10-11-20-17)19(4,5)6;1-18(2)15-9-4-3-6-12(15)13-7-5-8-14(16(13)18)17-19-10-11-20-17;/h7,9-13H,1-6H3;3-7,9-11H,1-2H3;/q2*-1;. The van der Waals surface area contributed by atoms with E-state index in [2.05, 4.69) is 132 Å². The number of hydrogen-bond donors (Lipinski definition) is 0. The summed E-state index contributed by atoms with van der Waals surface area (Å²) >= 11 is 1.68. The molecule has 4 heteroatoms. The van der Waals surface area contributed by atoms with Crippen LogP contribution in [0.25, 0.3) is 33.0 Å². The van der Waals surface area contributed by atoms with Crippen molar-refractivity contribution in [3.05, 3.63) is 119 Å². The van der Waals surface area contributed by atoms with Gasteiger partial charge in [-0.2, -0.15) is 11.3 Å². The van der Waals surface area contributed by atoms with Crippen molar-refractivity contribution in [3.63, 3.8) is 0 Å². The van der Waals surface area contributed by atoms with Gasteiger partial charge in [0.05, 0.1) is 0 Å². The largest absolute Gasteiger partial charge is 0.305 e. The van der Waals surface area contributed by atoms with Gasteiger partial charge in [-0.3, -0.25) is 4.98 Å². The predicted octanol–water partition coefficient (Wildman–Crippen LogP) is 10.1. The van der Waals surface area contributed by atoms with Crippen LogP contribution in [0.1, 0.15) is 77.6 Å². The molecule has 0 saturated heterocycles. The van der Waals surface area contributed by atoms with Crippen LogP contribution in [0.5, 0.6) is 0 Å². The Hall–Kier alpha value is -2.91. The van der Waals surface area contributed by atoms with E-state index in [-0.39, 0.29) is 36.4 Å². The Bertz CT molecular complexity index is 1580. The van der Waals surface area contributed by atoms with Gasteiger partial charge in [-0.05, 0) is 44.7 Å². The second kappa shape index (κ2) is 11.8. The number of nitrogens with zero attached hydrogens (tertiary/aromatic N) is 2. The summed E-state index contributed by atoms with van der Waals surface area (Å²) in [5.41, 5.74) is 11.6. The van der Waals surface area contributed by atoms with Crippen LogP contribution in [0.2, 0.25) is 0 Å². The van der Waals surface area contributed by atoms with E-state index in [4.69, 9.17) is 0 Å². The quantitative estimate of drug-likeness (QED) is 0.169. The molecule has 213 valence electrons. The Kier molecular flexibility index (Phi) is 8.90. The van der Waals surface area contributed by atoms with Crippen LogP contribution in [0.3, 0.4) is 0 Å². The van der Waals surface area contributed by atoms with E-state index in [1.54, 1.807) is 11.3 Å². The number of fused-ring (bicyclic) bond motifs is 3. The Labute approximate surface area is 263 Å². The minimum absolute atomic E-state index is 0. The normalized spacial score (nSPS) is 13.4. The third-order valence-electron chi connectivity index (χ3n) is 7.73. The molecule has 2 heterocycles. The van der Waals surface area contributed by atoms with E-state index in [0.29, 0.717) is 0 Å². The van der Waals surface area contributed by atoms with Crippen LogP contribution in [0, 0.1) is 12.1 Å². The molecule has 0 fully saturated rings. The number of aromatic nitrogens is 2. The summed E-state index contributed by atoms with van der Waals surface area (Å²) in [4.78, 5) is 8.99. The smallest absolute Gasteiger partial charge is 0.0404 e.